The Morgan fingerprint density at radius 1 is 1.67 bits per heavy atom. The van der Waals surface area contributed by atoms with E-state index in [-0.39, 0.29) is 11.9 Å². The third kappa shape index (κ3) is 2.62. The molecule has 0 amide bonds. The summed E-state index contributed by atoms with van der Waals surface area (Å²) in [5, 5.41) is 0. The molecule has 0 spiro atoms. The monoisotopic (exact) mass is 244 g/mol. The van der Waals surface area contributed by atoms with E-state index in [1.807, 2.05) is 6.07 Å². The number of ether oxygens (including phenoxy) is 1. The van der Waals surface area contributed by atoms with Gasteiger partial charge in [0.25, 0.3) is 0 Å². The summed E-state index contributed by atoms with van der Waals surface area (Å²) in [7, 11) is 1.43. The van der Waals surface area contributed by atoms with Crippen LogP contribution in [0.25, 0.3) is 0 Å². The van der Waals surface area contributed by atoms with Gasteiger partial charge in [0.2, 0.25) is 0 Å². The Morgan fingerprint density at radius 3 is 3.22 bits per heavy atom. The van der Waals surface area contributed by atoms with Gasteiger partial charge in [0.15, 0.2) is 0 Å². The number of piperidine rings is 1. The third-order valence-corrected chi connectivity index (χ3v) is 3.19. The molecule has 1 aliphatic rings. The fraction of sp³-hybridized carbons (Fsp3) is 0.429. The minimum Gasteiger partial charge on any atom is -0.469 e. The number of aromatic nitrogens is 1. The predicted octanol–water partition coefficient (Wildman–Crippen LogP) is 1.45. The molecule has 0 aliphatic carbocycles. The molecular formula is C14H16N2O2. The molecule has 4 nitrogen and oxygen atoms in total. The van der Waals surface area contributed by atoms with E-state index in [1.54, 1.807) is 12.3 Å². The van der Waals surface area contributed by atoms with E-state index >= 15 is 0 Å². The Bertz CT molecular complexity index is 479. The van der Waals surface area contributed by atoms with Crippen molar-refractivity contribution in [3.8, 4) is 12.3 Å². The largest absolute Gasteiger partial charge is 0.469 e. The summed E-state index contributed by atoms with van der Waals surface area (Å²) in [5.41, 5.74) is 0.806. The van der Waals surface area contributed by atoms with Gasteiger partial charge in [0.05, 0.1) is 13.0 Å². The molecule has 1 fully saturated rings. The number of nitrogens with zero attached hydrogens (tertiary/aromatic N) is 2. The number of hydrogen-bond donors (Lipinski definition) is 0. The average Bonchev–Trinajstić information content (AvgIpc) is 2.46. The van der Waals surface area contributed by atoms with Crippen LogP contribution in [0.1, 0.15) is 18.4 Å². The summed E-state index contributed by atoms with van der Waals surface area (Å²) in [4.78, 5) is 18.0. The zero-order valence-corrected chi connectivity index (χ0v) is 10.4. The van der Waals surface area contributed by atoms with Gasteiger partial charge < -0.3 is 9.64 Å². The molecule has 1 unspecified atom stereocenters. The first kappa shape index (κ1) is 12.4. The molecule has 1 aromatic rings. The fourth-order valence-electron chi connectivity index (χ4n) is 2.23. The Labute approximate surface area is 107 Å². The van der Waals surface area contributed by atoms with Crippen LogP contribution >= 0.6 is 0 Å². The Balaban J connectivity index is 2.13. The van der Waals surface area contributed by atoms with Gasteiger partial charge >= 0.3 is 5.97 Å². The van der Waals surface area contributed by atoms with E-state index in [0.717, 1.165) is 30.8 Å². The molecule has 0 radical (unpaired) electrons. The van der Waals surface area contributed by atoms with Crippen LogP contribution in [0.3, 0.4) is 0 Å². The first-order valence-electron chi connectivity index (χ1n) is 6.00. The maximum absolute atomic E-state index is 11.6. The topological polar surface area (TPSA) is 42.4 Å². The summed E-state index contributed by atoms with van der Waals surface area (Å²) in [6.07, 6.45) is 8.91. The summed E-state index contributed by atoms with van der Waals surface area (Å²) in [6, 6.07) is 3.67. The standard InChI is InChI=1S/C14H16N2O2/c1-3-11-6-7-15-13(9-11)16-8-4-5-12(10-16)14(17)18-2/h1,6-7,9,12H,4-5,8,10H2,2H3. The van der Waals surface area contributed by atoms with Crippen molar-refractivity contribution in [2.24, 2.45) is 5.92 Å². The van der Waals surface area contributed by atoms with Gasteiger partial charge in [0.1, 0.15) is 5.82 Å². The van der Waals surface area contributed by atoms with E-state index in [0.29, 0.717) is 6.54 Å². The van der Waals surface area contributed by atoms with E-state index in [4.69, 9.17) is 11.2 Å². The summed E-state index contributed by atoms with van der Waals surface area (Å²) in [5.74, 6) is 3.21. The summed E-state index contributed by atoms with van der Waals surface area (Å²) >= 11 is 0. The van der Waals surface area contributed by atoms with E-state index in [2.05, 4.69) is 15.8 Å². The number of terminal acetylenes is 1. The van der Waals surface area contributed by atoms with Gasteiger partial charge in [-0.3, -0.25) is 4.79 Å². The lowest BCUT2D eigenvalue weighted by Gasteiger charge is -2.32. The van der Waals surface area contributed by atoms with Crippen molar-refractivity contribution in [2.75, 3.05) is 25.1 Å². The molecule has 2 rings (SSSR count). The molecular weight excluding hydrogens is 228 g/mol. The minimum absolute atomic E-state index is 0.0694. The Kier molecular flexibility index (Phi) is 3.83. The first-order valence-corrected chi connectivity index (χ1v) is 6.00. The van der Waals surface area contributed by atoms with E-state index < -0.39 is 0 Å². The van der Waals surface area contributed by atoms with Gasteiger partial charge in [0, 0.05) is 24.8 Å². The summed E-state index contributed by atoms with van der Waals surface area (Å²) in [6.45, 7) is 1.54. The van der Waals surface area contributed by atoms with Gasteiger partial charge in [-0.1, -0.05) is 5.92 Å². The van der Waals surface area contributed by atoms with Gasteiger partial charge in [-0.2, -0.15) is 0 Å². The highest BCUT2D eigenvalue weighted by molar-refractivity contribution is 5.73. The molecule has 0 saturated carbocycles. The number of pyridine rings is 1. The second-order valence-corrected chi connectivity index (χ2v) is 4.36. The molecule has 18 heavy (non-hydrogen) atoms. The molecule has 94 valence electrons. The number of esters is 1. The van der Waals surface area contributed by atoms with Crippen LogP contribution in [0.4, 0.5) is 5.82 Å². The molecule has 0 bridgehead atoms. The van der Waals surface area contributed by atoms with Crippen molar-refractivity contribution in [1.82, 2.24) is 4.98 Å². The average molecular weight is 244 g/mol. The quantitative estimate of drug-likeness (QED) is 0.583. The summed E-state index contributed by atoms with van der Waals surface area (Å²) < 4.78 is 4.80. The molecule has 1 aliphatic heterocycles. The number of rotatable bonds is 2. The number of hydrogen-bond acceptors (Lipinski definition) is 4. The third-order valence-electron chi connectivity index (χ3n) is 3.19. The van der Waals surface area contributed by atoms with Gasteiger partial charge in [-0.15, -0.1) is 6.42 Å². The molecule has 0 aromatic carbocycles. The lowest BCUT2D eigenvalue weighted by atomic mass is 9.98. The number of carbonyl (C=O) groups excluding carboxylic acids is 1. The van der Waals surface area contributed by atoms with Crippen LogP contribution in [0, 0.1) is 18.3 Å². The zero-order valence-electron chi connectivity index (χ0n) is 10.4. The highest BCUT2D eigenvalue weighted by Crippen LogP contribution is 2.22. The Morgan fingerprint density at radius 2 is 2.50 bits per heavy atom. The van der Waals surface area contributed by atoms with Gasteiger partial charge in [-0.05, 0) is 25.0 Å². The zero-order chi connectivity index (χ0) is 13.0. The fourth-order valence-corrected chi connectivity index (χ4v) is 2.23. The van der Waals surface area contributed by atoms with Crippen molar-refractivity contribution in [2.45, 2.75) is 12.8 Å². The predicted molar refractivity (Wildman–Crippen MR) is 69.1 cm³/mol. The number of carbonyl (C=O) groups is 1. The number of methoxy groups -OCH3 is 1. The molecule has 2 heterocycles. The first-order chi connectivity index (χ1) is 8.74. The molecule has 1 saturated heterocycles. The normalized spacial score (nSPS) is 19.1. The molecule has 1 aromatic heterocycles. The van der Waals surface area contributed by atoms with Crippen LogP contribution in [0.5, 0.6) is 0 Å². The van der Waals surface area contributed by atoms with E-state index in [1.165, 1.54) is 7.11 Å². The lowest BCUT2D eigenvalue weighted by Crippen LogP contribution is -2.39. The molecule has 1 atom stereocenters. The van der Waals surface area contributed by atoms with Crippen molar-refractivity contribution in [3.63, 3.8) is 0 Å². The van der Waals surface area contributed by atoms with Crippen molar-refractivity contribution < 1.29 is 9.53 Å². The van der Waals surface area contributed by atoms with Crippen LogP contribution in [0.15, 0.2) is 18.3 Å². The number of anilines is 1. The van der Waals surface area contributed by atoms with Crippen LogP contribution in [0.2, 0.25) is 0 Å². The van der Waals surface area contributed by atoms with Crippen molar-refractivity contribution >= 4 is 11.8 Å². The van der Waals surface area contributed by atoms with Gasteiger partial charge in [-0.25, -0.2) is 4.98 Å². The van der Waals surface area contributed by atoms with Crippen LogP contribution in [-0.2, 0) is 9.53 Å². The van der Waals surface area contributed by atoms with Crippen LogP contribution < -0.4 is 4.90 Å². The smallest absolute Gasteiger partial charge is 0.310 e. The maximum atomic E-state index is 11.6. The van der Waals surface area contributed by atoms with Crippen molar-refractivity contribution in [1.29, 1.82) is 0 Å². The Hall–Kier alpha value is -2.02. The second-order valence-electron chi connectivity index (χ2n) is 4.36. The molecule has 4 heteroatoms. The maximum Gasteiger partial charge on any atom is 0.310 e. The lowest BCUT2D eigenvalue weighted by molar-refractivity contribution is -0.145. The van der Waals surface area contributed by atoms with Crippen molar-refractivity contribution in [3.05, 3.63) is 23.9 Å². The van der Waals surface area contributed by atoms with E-state index in [9.17, 15) is 4.79 Å². The SMILES string of the molecule is C#Cc1ccnc(N2CCCC(C(=O)OC)C2)c1. The van der Waals surface area contributed by atoms with Crippen LogP contribution in [-0.4, -0.2) is 31.2 Å². The minimum atomic E-state index is -0.146. The highest BCUT2D eigenvalue weighted by Gasteiger charge is 2.27. The highest BCUT2D eigenvalue weighted by atomic mass is 16.5. The second kappa shape index (κ2) is 5.54. The molecule has 0 N–H and O–H groups in total.